The predicted octanol–water partition coefficient (Wildman–Crippen LogP) is 5.16. The number of likely N-dealkylation sites (N-methyl/N-ethyl adjacent to an activating group) is 1. The van der Waals surface area contributed by atoms with Crippen molar-refractivity contribution in [3.8, 4) is 22.6 Å². The second-order valence-electron chi connectivity index (χ2n) is 7.04. The number of para-hydroxylation sites is 1. The Bertz CT molecular complexity index is 941. The Morgan fingerprint density at radius 2 is 1.82 bits per heavy atom. The van der Waals surface area contributed by atoms with Crippen LogP contribution in [0, 0.1) is 5.82 Å². The van der Waals surface area contributed by atoms with Gasteiger partial charge in [-0.25, -0.2) is 4.39 Å². The Balaban J connectivity index is 1.63. The van der Waals surface area contributed by atoms with Gasteiger partial charge in [0.25, 0.3) is 0 Å². The quantitative estimate of drug-likeness (QED) is 0.667. The van der Waals surface area contributed by atoms with E-state index in [2.05, 4.69) is 23.5 Å². The van der Waals surface area contributed by atoms with E-state index in [0.717, 1.165) is 41.0 Å². The van der Waals surface area contributed by atoms with Gasteiger partial charge in [0.15, 0.2) is 11.5 Å². The molecule has 0 spiro atoms. The van der Waals surface area contributed by atoms with Crippen molar-refractivity contribution in [1.29, 1.82) is 0 Å². The molecule has 1 heterocycles. The number of ether oxygens (including phenoxy) is 2. The van der Waals surface area contributed by atoms with Crippen LogP contribution in [0.1, 0.15) is 23.6 Å². The van der Waals surface area contributed by atoms with Crippen LogP contribution in [0.5, 0.6) is 11.5 Å². The van der Waals surface area contributed by atoms with Gasteiger partial charge < -0.3 is 14.8 Å². The molecule has 144 valence electrons. The third kappa shape index (κ3) is 3.60. The third-order valence-corrected chi connectivity index (χ3v) is 5.35. The fourth-order valence-electron chi connectivity index (χ4n) is 3.92. The summed E-state index contributed by atoms with van der Waals surface area (Å²) in [4.78, 5) is 0. The van der Waals surface area contributed by atoms with Crippen LogP contribution < -0.4 is 14.8 Å². The van der Waals surface area contributed by atoms with Gasteiger partial charge in [-0.15, -0.1) is 0 Å². The first-order valence-corrected chi connectivity index (χ1v) is 9.55. The lowest BCUT2D eigenvalue weighted by atomic mass is 9.91. The van der Waals surface area contributed by atoms with Crippen LogP contribution >= 0.6 is 0 Å². The van der Waals surface area contributed by atoms with Gasteiger partial charge in [-0.1, -0.05) is 42.5 Å². The molecule has 0 bridgehead atoms. The lowest BCUT2D eigenvalue weighted by molar-refractivity contribution is 0.127. The minimum atomic E-state index is -0.226. The normalized spacial score (nSPS) is 16.8. The number of rotatable bonds is 5. The molecule has 0 aliphatic carbocycles. The van der Waals surface area contributed by atoms with Crippen LogP contribution in [0.4, 0.5) is 4.39 Å². The van der Waals surface area contributed by atoms with E-state index < -0.39 is 0 Å². The molecule has 0 saturated heterocycles. The number of hydrogen-bond donors (Lipinski definition) is 1. The monoisotopic (exact) mass is 377 g/mol. The molecule has 28 heavy (non-hydrogen) atoms. The molecule has 1 N–H and O–H groups in total. The first-order valence-electron chi connectivity index (χ1n) is 9.55. The van der Waals surface area contributed by atoms with E-state index in [1.807, 2.05) is 31.3 Å². The molecule has 0 saturated carbocycles. The number of nitrogens with one attached hydrogen (secondary N) is 1. The van der Waals surface area contributed by atoms with Crippen molar-refractivity contribution in [2.45, 2.75) is 25.0 Å². The first kappa shape index (κ1) is 18.5. The summed E-state index contributed by atoms with van der Waals surface area (Å²) >= 11 is 0. The Morgan fingerprint density at radius 1 is 1.04 bits per heavy atom. The number of fused-ring (bicyclic) bond motifs is 1. The Hall–Kier alpha value is -2.85. The summed E-state index contributed by atoms with van der Waals surface area (Å²) in [6.45, 7) is 0. The maximum atomic E-state index is 13.3. The van der Waals surface area contributed by atoms with E-state index in [-0.39, 0.29) is 18.0 Å². The summed E-state index contributed by atoms with van der Waals surface area (Å²) < 4.78 is 25.1. The van der Waals surface area contributed by atoms with E-state index in [9.17, 15) is 4.39 Å². The topological polar surface area (TPSA) is 30.5 Å². The van der Waals surface area contributed by atoms with Gasteiger partial charge in [0, 0.05) is 0 Å². The van der Waals surface area contributed by atoms with Crippen LogP contribution in [-0.2, 0) is 6.42 Å². The summed E-state index contributed by atoms with van der Waals surface area (Å²) in [6.07, 6.45) is 1.87. The van der Waals surface area contributed by atoms with Crippen LogP contribution in [0.3, 0.4) is 0 Å². The van der Waals surface area contributed by atoms with Crippen LogP contribution in [0.2, 0.25) is 0 Å². The molecule has 1 unspecified atom stereocenters. The summed E-state index contributed by atoms with van der Waals surface area (Å²) in [5.41, 5.74) is 4.39. The van der Waals surface area contributed by atoms with Gasteiger partial charge in [-0.3, -0.25) is 0 Å². The Labute approximate surface area is 165 Å². The lowest BCUT2D eigenvalue weighted by Crippen LogP contribution is -2.36. The molecule has 4 rings (SSSR count). The van der Waals surface area contributed by atoms with Gasteiger partial charge in [0.05, 0.1) is 13.2 Å². The summed E-state index contributed by atoms with van der Waals surface area (Å²) in [5, 5.41) is 3.42. The second-order valence-corrected chi connectivity index (χ2v) is 7.04. The lowest BCUT2D eigenvalue weighted by Gasteiger charge is -2.33. The van der Waals surface area contributed by atoms with Crippen LogP contribution in [-0.4, -0.2) is 20.3 Å². The Morgan fingerprint density at radius 3 is 2.57 bits per heavy atom. The van der Waals surface area contributed by atoms with Crippen molar-refractivity contribution < 1.29 is 13.9 Å². The van der Waals surface area contributed by atoms with E-state index in [1.54, 1.807) is 19.2 Å². The largest absolute Gasteiger partial charge is 0.493 e. The standard InChI is InChI=1S/C24H24FNO2/c1-26-23(21-14-11-17-5-4-8-22(27-2)24(17)28-21)19-7-3-6-18(15-19)16-9-12-20(25)13-10-16/h3-10,12-13,15,21,23,26H,11,14H2,1-2H3/t21-,23?/m1/s1. The molecule has 3 aromatic rings. The molecular formula is C24H24FNO2. The predicted molar refractivity (Wildman–Crippen MR) is 109 cm³/mol. The molecule has 0 aromatic heterocycles. The maximum Gasteiger partial charge on any atom is 0.164 e. The highest BCUT2D eigenvalue weighted by Gasteiger charge is 2.29. The van der Waals surface area contributed by atoms with Crippen molar-refractivity contribution in [1.82, 2.24) is 5.32 Å². The van der Waals surface area contributed by atoms with Crippen molar-refractivity contribution in [2.75, 3.05) is 14.2 Å². The van der Waals surface area contributed by atoms with Crippen LogP contribution in [0.25, 0.3) is 11.1 Å². The number of benzene rings is 3. The summed E-state index contributed by atoms with van der Waals surface area (Å²) in [6, 6.07) is 21.0. The second kappa shape index (κ2) is 8.03. The fraction of sp³-hybridized carbons (Fsp3) is 0.250. The highest BCUT2D eigenvalue weighted by atomic mass is 19.1. The molecule has 0 fully saturated rings. The van der Waals surface area contributed by atoms with E-state index in [1.165, 1.54) is 17.7 Å². The van der Waals surface area contributed by atoms with Gasteiger partial charge in [0.1, 0.15) is 11.9 Å². The zero-order chi connectivity index (χ0) is 19.5. The van der Waals surface area contributed by atoms with Crippen molar-refractivity contribution >= 4 is 0 Å². The highest BCUT2D eigenvalue weighted by molar-refractivity contribution is 5.64. The molecule has 0 amide bonds. The highest BCUT2D eigenvalue weighted by Crippen LogP contribution is 2.39. The van der Waals surface area contributed by atoms with Gasteiger partial charge in [0.2, 0.25) is 0 Å². The third-order valence-electron chi connectivity index (χ3n) is 5.35. The molecule has 3 nitrogen and oxygen atoms in total. The molecule has 2 atom stereocenters. The molecule has 4 heteroatoms. The Kier molecular flexibility index (Phi) is 5.31. The van der Waals surface area contributed by atoms with Crippen LogP contribution in [0.15, 0.2) is 66.7 Å². The van der Waals surface area contributed by atoms with Gasteiger partial charge in [-0.2, -0.15) is 0 Å². The number of halogens is 1. The molecule has 1 aliphatic rings. The summed E-state index contributed by atoms with van der Waals surface area (Å²) in [5.74, 6) is 1.39. The molecule has 0 radical (unpaired) electrons. The molecule has 3 aromatic carbocycles. The first-order chi connectivity index (χ1) is 13.7. The average molecular weight is 377 g/mol. The maximum absolute atomic E-state index is 13.3. The molecule has 1 aliphatic heterocycles. The van der Waals surface area contributed by atoms with Gasteiger partial charge >= 0.3 is 0 Å². The van der Waals surface area contributed by atoms with Crippen molar-refractivity contribution in [2.24, 2.45) is 0 Å². The average Bonchev–Trinajstić information content (AvgIpc) is 2.74. The zero-order valence-electron chi connectivity index (χ0n) is 16.1. The number of aryl methyl sites for hydroxylation is 1. The fourth-order valence-corrected chi connectivity index (χ4v) is 3.92. The number of hydrogen-bond acceptors (Lipinski definition) is 3. The molecular weight excluding hydrogens is 353 g/mol. The SMILES string of the molecule is CNC(c1cccc(-c2ccc(F)cc2)c1)[C@H]1CCc2cccc(OC)c2O1. The van der Waals surface area contributed by atoms with E-state index in [0.29, 0.717) is 0 Å². The van der Waals surface area contributed by atoms with Crippen molar-refractivity contribution in [3.05, 3.63) is 83.7 Å². The zero-order valence-corrected chi connectivity index (χ0v) is 16.1. The van der Waals surface area contributed by atoms with E-state index >= 15 is 0 Å². The summed E-state index contributed by atoms with van der Waals surface area (Å²) in [7, 11) is 3.63. The van der Waals surface area contributed by atoms with E-state index in [4.69, 9.17) is 9.47 Å². The van der Waals surface area contributed by atoms with Crippen molar-refractivity contribution in [3.63, 3.8) is 0 Å². The number of methoxy groups -OCH3 is 1. The van der Waals surface area contributed by atoms with Gasteiger partial charge in [-0.05, 0) is 66.4 Å². The smallest absolute Gasteiger partial charge is 0.164 e. The minimum Gasteiger partial charge on any atom is -0.493 e. The minimum absolute atomic E-state index is 0.00253.